The maximum atomic E-state index is 7.15. The zero-order valence-electron chi connectivity index (χ0n) is 10.7. The van der Waals surface area contributed by atoms with Gasteiger partial charge in [0.1, 0.15) is 0 Å². The number of nitrogens with zero attached hydrogens (tertiary/aromatic N) is 2. The molecule has 0 amide bonds. The summed E-state index contributed by atoms with van der Waals surface area (Å²) in [5.41, 5.74) is 5.33. The van der Waals surface area contributed by atoms with Crippen LogP contribution in [0.5, 0.6) is 0 Å². The Morgan fingerprint density at radius 2 is 1.94 bits per heavy atom. The zero-order chi connectivity index (χ0) is 12.0. The van der Waals surface area contributed by atoms with E-state index in [1.54, 1.807) is 0 Å². The zero-order valence-corrected chi connectivity index (χ0v) is 10.7. The van der Waals surface area contributed by atoms with Gasteiger partial charge in [0, 0.05) is 12.5 Å². The van der Waals surface area contributed by atoms with Crippen LogP contribution in [-0.2, 0) is 0 Å². The summed E-state index contributed by atoms with van der Waals surface area (Å²) in [6, 6.07) is 0.772. The Hall–Kier alpha value is -0.610. The van der Waals surface area contributed by atoms with Crippen molar-refractivity contribution < 1.29 is 0 Å². The molecule has 4 nitrogen and oxygen atoms in total. The second kappa shape index (κ2) is 6.86. The van der Waals surface area contributed by atoms with Crippen molar-refractivity contribution in [3.63, 3.8) is 0 Å². The third kappa shape index (κ3) is 4.94. The topological polar surface area (TPSA) is 56.4 Å². The van der Waals surface area contributed by atoms with Gasteiger partial charge in [0.05, 0.1) is 5.84 Å². The number of likely N-dealkylation sites (tertiary alicyclic amines) is 1. The molecule has 0 aromatic heterocycles. The van der Waals surface area contributed by atoms with Crippen molar-refractivity contribution in [2.45, 2.75) is 38.1 Å². The molecule has 0 saturated carbocycles. The summed E-state index contributed by atoms with van der Waals surface area (Å²) in [6.45, 7) is 3.62. The normalized spacial score (nSPS) is 19.2. The van der Waals surface area contributed by atoms with E-state index < -0.39 is 0 Å². The molecule has 0 atom stereocenters. The third-order valence-corrected chi connectivity index (χ3v) is 3.46. The fraction of sp³-hybridized carbons (Fsp3) is 0.917. The molecule has 94 valence electrons. The van der Waals surface area contributed by atoms with Crippen molar-refractivity contribution in [1.29, 1.82) is 5.41 Å². The quantitative estimate of drug-likeness (QED) is 0.405. The smallest absolute Gasteiger partial charge is 0.0905 e. The van der Waals surface area contributed by atoms with Gasteiger partial charge in [0.25, 0.3) is 0 Å². The molecule has 16 heavy (non-hydrogen) atoms. The molecule has 0 radical (unpaired) electrons. The predicted molar refractivity (Wildman–Crippen MR) is 68.9 cm³/mol. The Kier molecular flexibility index (Phi) is 5.77. The molecule has 1 rings (SSSR count). The second-order valence-corrected chi connectivity index (χ2v) is 5.02. The highest BCUT2D eigenvalue weighted by atomic mass is 15.2. The second-order valence-electron chi connectivity index (χ2n) is 5.02. The number of piperidine rings is 1. The van der Waals surface area contributed by atoms with Crippen molar-refractivity contribution in [2.75, 3.05) is 33.7 Å². The highest BCUT2D eigenvalue weighted by Gasteiger charge is 2.19. The Morgan fingerprint density at radius 1 is 1.31 bits per heavy atom. The summed E-state index contributed by atoms with van der Waals surface area (Å²) in [7, 11) is 4.35. The molecule has 0 spiro atoms. The van der Waals surface area contributed by atoms with Gasteiger partial charge in [0.15, 0.2) is 0 Å². The van der Waals surface area contributed by atoms with Gasteiger partial charge in [-0.2, -0.15) is 0 Å². The van der Waals surface area contributed by atoms with Crippen LogP contribution in [0.3, 0.4) is 0 Å². The van der Waals surface area contributed by atoms with E-state index >= 15 is 0 Å². The van der Waals surface area contributed by atoms with E-state index in [1.807, 2.05) is 0 Å². The summed E-state index contributed by atoms with van der Waals surface area (Å²) in [4.78, 5) is 4.88. The summed E-state index contributed by atoms with van der Waals surface area (Å²) in [5.74, 6) is 0.325. The van der Waals surface area contributed by atoms with E-state index in [2.05, 4.69) is 23.9 Å². The molecule has 0 bridgehead atoms. The minimum Gasteiger partial charge on any atom is -0.388 e. The molecule has 0 aromatic carbocycles. The molecule has 1 aliphatic rings. The van der Waals surface area contributed by atoms with Crippen LogP contribution in [0.25, 0.3) is 0 Å². The lowest BCUT2D eigenvalue weighted by Crippen LogP contribution is -2.42. The van der Waals surface area contributed by atoms with Crippen molar-refractivity contribution in [3.8, 4) is 0 Å². The van der Waals surface area contributed by atoms with Gasteiger partial charge < -0.3 is 15.5 Å². The van der Waals surface area contributed by atoms with Gasteiger partial charge in [0.2, 0.25) is 0 Å². The van der Waals surface area contributed by atoms with E-state index in [1.165, 1.54) is 38.9 Å². The van der Waals surface area contributed by atoms with Gasteiger partial charge in [-0.25, -0.2) is 0 Å². The van der Waals surface area contributed by atoms with Crippen LogP contribution >= 0.6 is 0 Å². The number of rotatable bonds is 6. The molecule has 0 unspecified atom stereocenters. The van der Waals surface area contributed by atoms with Crippen LogP contribution < -0.4 is 5.73 Å². The summed E-state index contributed by atoms with van der Waals surface area (Å²) < 4.78 is 0. The van der Waals surface area contributed by atoms with Crippen LogP contribution in [-0.4, -0.2) is 55.4 Å². The minimum atomic E-state index is 0.325. The number of hydrogen-bond acceptors (Lipinski definition) is 3. The van der Waals surface area contributed by atoms with E-state index in [-0.39, 0.29) is 0 Å². The monoisotopic (exact) mass is 226 g/mol. The maximum absolute atomic E-state index is 7.15. The number of unbranched alkanes of at least 4 members (excludes halogenated alkanes) is 1. The average molecular weight is 226 g/mol. The fourth-order valence-electron chi connectivity index (χ4n) is 2.31. The Bertz CT molecular complexity index is 207. The number of nitrogens with one attached hydrogen (secondary N) is 1. The van der Waals surface area contributed by atoms with Crippen molar-refractivity contribution in [1.82, 2.24) is 9.80 Å². The summed E-state index contributed by atoms with van der Waals surface area (Å²) >= 11 is 0. The van der Waals surface area contributed by atoms with Gasteiger partial charge in [-0.05, 0) is 59.4 Å². The number of nitrogens with two attached hydrogens (primary N) is 1. The van der Waals surface area contributed by atoms with Crippen LogP contribution in [0.1, 0.15) is 32.1 Å². The van der Waals surface area contributed by atoms with Gasteiger partial charge >= 0.3 is 0 Å². The molecular formula is C12H26N4. The van der Waals surface area contributed by atoms with E-state index in [4.69, 9.17) is 11.1 Å². The van der Waals surface area contributed by atoms with Crippen molar-refractivity contribution in [3.05, 3.63) is 0 Å². The van der Waals surface area contributed by atoms with E-state index in [0.717, 1.165) is 18.9 Å². The average Bonchev–Trinajstić information content (AvgIpc) is 2.25. The molecular weight excluding hydrogens is 200 g/mol. The Balaban J connectivity index is 2.06. The molecule has 1 fully saturated rings. The van der Waals surface area contributed by atoms with Crippen LogP contribution in [0.4, 0.5) is 0 Å². The standard InChI is InChI=1S/C12H26N4/c1-15(2)11-6-9-16(10-7-11)8-4-3-5-12(13)14/h11H,3-10H2,1-2H3,(H3,13,14). The molecule has 3 N–H and O–H groups in total. The molecule has 4 heteroatoms. The third-order valence-electron chi connectivity index (χ3n) is 3.46. The van der Waals surface area contributed by atoms with Crippen LogP contribution in [0.2, 0.25) is 0 Å². The summed E-state index contributed by atoms with van der Waals surface area (Å²) in [5, 5.41) is 7.15. The van der Waals surface area contributed by atoms with Crippen LogP contribution in [0.15, 0.2) is 0 Å². The molecule has 0 aromatic rings. The van der Waals surface area contributed by atoms with Crippen molar-refractivity contribution >= 4 is 5.84 Å². The lowest BCUT2D eigenvalue weighted by Gasteiger charge is -2.35. The molecule has 1 saturated heterocycles. The highest BCUT2D eigenvalue weighted by molar-refractivity contribution is 5.76. The largest absolute Gasteiger partial charge is 0.388 e. The van der Waals surface area contributed by atoms with E-state index in [9.17, 15) is 0 Å². The molecule has 1 heterocycles. The maximum Gasteiger partial charge on any atom is 0.0905 e. The first-order chi connectivity index (χ1) is 7.59. The SMILES string of the molecule is CN(C)C1CCN(CCCCC(=N)N)CC1. The lowest BCUT2D eigenvalue weighted by molar-refractivity contribution is 0.143. The molecule has 0 aliphatic carbocycles. The fourth-order valence-corrected chi connectivity index (χ4v) is 2.31. The first kappa shape index (κ1) is 13.5. The van der Waals surface area contributed by atoms with Gasteiger partial charge in [-0.15, -0.1) is 0 Å². The summed E-state index contributed by atoms with van der Waals surface area (Å²) in [6.07, 6.45) is 5.57. The van der Waals surface area contributed by atoms with Crippen molar-refractivity contribution in [2.24, 2.45) is 5.73 Å². The predicted octanol–water partition coefficient (Wildman–Crippen LogP) is 1.12. The first-order valence-corrected chi connectivity index (χ1v) is 6.31. The Morgan fingerprint density at radius 3 is 2.44 bits per heavy atom. The lowest BCUT2D eigenvalue weighted by atomic mass is 10.0. The highest BCUT2D eigenvalue weighted by Crippen LogP contribution is 2.14. The first-order valence-electron chi connectivity index (χ1n) is 6.31. The number of amidine groups is 1. The van der Waals surface area contributed by atoms with E-state index in [0.29, 0.717) is 5.84 Å². The molecule has 1 aliphatic heterocycles. The van der Waals surface area contributed by atoms with Gasteiger partial charge in [-0.1, -0.05) is 0 Å². The Labute approximate surface area is 99.3 Å². The van der Waals surface area contributed by atoms with Crippen LogP contribution in [0, 0.1) is 5.41 Å². The number of hydrogen-bond donors (Lipinski definition) is 2. The minimum absolute atomic E-state index is 0.325. The van der Waals surface area contributed by atoms with Gasteiger partial charge in [-0.3, -0.25) is 5.41 Å².